The van der Waals surface area contributed by atoms with Crippen molar-refractivity contribution >= 4 is 23.6 Å². The van der Waals surface area contributed by atoms with Crippen LogP contribution >= 0.6 is 11.8 Å². The average Bonchev–Trinajstić information content (AvgIpc) is 3.43. The Balaban J connectivity index is 1.26. The second-order valence-corrected chi connectivity index (χ2v) is 14.2. The molecule has 4 bridgehead atoms. The number of nitrogens with zero attached hydrogens (tertiary/aromatic N) is 1. The minimum absolute atomic E-state index is 0.0318. The molecular formula is C30H41F2N3O4S. The first-order chi connectivity index (χ1) is 19.3. The number of hydrogen-bond acceptors (Lipinski definition) is 7. The number of pyridine rings is 1. The number of nitrogens with one attached hydrogen (secondary N) is 2. The second-order valence-electron chi connectivity index (χ2n) is 12.9. The fourth-order valence-electron chi connectivity index (χ4n) is 8.69. The molecule has 2 unspecified atom stereocenters. The molecule has 0 aromatic carbocycles. The number of methoxy groups -OCH3 is 1. The van der Waals surface area contributed by atoms with Crippen molar-refractivity contribution in [1.82, 2.24) is 15.6 Å². The summed E-state index contributed by atoms with van der Waals surface area (Å²) >= 11 is 1.69. The van der Waals surface area contributed by atoms with Gasteiger partial charge in [-0.25, -0.2) is 4.98 Å². The van der Waals surface area contributed by atoms with Crippen molar-refractivity contribution in [3.8, 4) is 0 Å². The van der Waals surface area contributed by atoms with Gasteiger partial charge in [-0.15, -0.1) is 11.8 Å². The summed E-state index contributed by atoms with van der Waals surface area (Å²) in [5, 5.41) is 7.94. The van der Waals surface area contributed by atoms with Crippen molar-refractivity contribution in [2.45, 2.75) is 111 Å². The van der Waals surface area contributed by atoms with Crippen molar-refractivity contribution in [3.05, 3.63) is 23.4 Å². The number of hydrogen-bond donors (Lipinski definition) is 2. The molecule has 0 spiro atoms. The van der Waals surface area contributed by atoms with Crippen LogP contribution in [0.1, 0.15) is 93.1 Å². The number of esters is 1. The van der Waals surface area contributed by atoms with Gasteiger partial charge in [-0.2, -0.15) is 8.78 Å². The molecule has 5 aliphatic carbocycles. The monoisotopic (exact) mass is 577 g/mol. The molecule has 10 heteroatoms. The number of ether oxygens (including phenoxy) is 2. The zero-order valence-electron chi connectivity index (χ0n) is 23.3. The van der Waals surface area contributed by atoms with Gasteiger partial charge >= 0.3 is 12.6 Å². The highest BCUT2D eigenvalue weighted by molar-refractivity contribution is 7.99. The first-order valence-electron chi connectivity index (χ1n) is 15.0. The number of amides is 1. The van der Waals surface area contributed by atoms with Crippen LogP contribution in [0.4, 0.5) is 8.78 Å². The third kappa shape index (κ3) is 5.64. The molecule has 6 aliphatic rings. The summed E-state index contributed by atoms with van der Waals surface area (Å²) in [7, 11) is 1.42. The molecule has 3 atom stereocenters. The van der Waals surface area contributed by atoms with Gasteiger partial charge in [0, 0.05) is 28.9 Å². The van der Waals surface area contributed by atoms with E-state index in [1.807, 2.05) is 12.1 Å². The number of rotatable bonds is 9. The zero-order valence-corrected chi connectivity index (χ0v) is 24.1. The van der Waals surface area contributed by atoms with Crippen molar-refractivity contribution in [2.75, 3.05) is 20.2 Å². The largest absolute Gasteiger partial charge is 0.469 e. The van der Waals surface area contributed by atoms with Crippen LogP contribution in [-0.4, -0.2) is 60.6 Å². The molecule has 7 nitrogen and oxygen atoms in total. The van der Waals surface area contributed by atoms with E-state index in [0.717, 1.165) is 55.8 Å². The van der Waals surface area contributed by atoms with Gasteiger partial charge in [0.15, 0.2) is 0 Å². The highest BCUT2D eigenvalue weighted by atomic mass is 32.2. The van der Waals surface area contributed by atoms with Crippen LogP contribution in [0.2, 0.25) is 0 Å². The van der Waals surface area contributed by atoms with E-state index in [1.54, 1.807) is 11.8 Å². The van der Waals surface area contributed by atoms with Crippen LogP contribution in [0.15, 0.2) is 17.2 Å². The molecule has 1 aromatic heterocycles. The normalized spacial score (nSPS) is 35.3. The Morgan fingerprint density at radius 2 is 1.90 bits per heavy atom. The lowest BCUT2D eigenvalue weighted by molar-refractivity contribution is -0.260. The number of piperidine rings is 1. The average molecular weight is 578 g/mol. The molecule has 1 amide bonds. The molecule has 6 fully saturated rings. The minimum Gasteiger partial charge on any atom is -0.469 e. The van der Waals surface area contributed by atoms with Gasteiger partial charge in [-0.3, -0.25) is 9.59 Å². The Hall–Kier alpha value is -1.78. The Bertz CT molecular complexity index is 1090. The van der Waals surface area contributed by atoms with Gasteiger partial charge in [0.05, 0.1) is 24.7 Å². The SMILES string of the molecule is COC(=O)C[C@@]1(c2ccc(C(=O)NC3C4CC5CC3CC(OC(F)F)(C5)C4)c(SC3CCCC3)n2)CCCNC1. The van der Waals surface area contributed by atoms with E-state index in [2.05, 4.69) is 10.6 Å². The van der Waals surface area contributed by atoms with Crippen LogP contribution in [0, 0.1) is 17.8 Å². The quantitative estimate of drug-likeness (QED) is 0.389. The van der Waals surface area contributed by atoms with Crippen LogP contribution in [0.3, 0.4) is 0 Å². The summed E-state index contributed by atoms with van der Waals surface area (Å²) in [6.45, 7) is -1.21. The van der Waals surface area contributed by atoms with Gasteiger partial charge in [-0.05, 0) is 94.2 Å². The third-order valence-corrected chi connectivity index (χ3v) is 11.6. The van der Waals surface area contributed by atoms with E-state index < -0.39 is 17.6 Å². The molecule has 2 heterocycles. The third-order valence-electron chi connectivity index (χ3n) is 10.3. The van der Waals surface area contributed by atoms with E-state index in [1.165, 1.54) is 20.0 Å². The van der Waals surface area contributed by atoms with Gasteiger partial charge in [0.25, 0.3) is 5.91 Å². The summed E-state index contributed by atoms with van der Waals surface area (Å²) < 4.78 is 36.7. The Kier molecular flexibility index (Phi) is 8.13. The summed E-state index contributed by atoms with van der Waals surface area (Å²) in [6, 6.07) is 3.78. The topological polar surface area (TPSA) is 89.6 Å². The van der Waals surface area contributed by atoms with E-state index in [9.17, 15) is 18.4 Å². The lowest BCUT2D eigenvalue weighted by atomic mass is 9.52. The standard InChI is InChI=1S/C30H41F2N3O4S/c1-38-24(36)16-29(9-4-10-33-17-29)23-8-7-22(27(34-23)40-21-5-2-3-6-21)26(37)35-25-19-11-18-12-20(25)15-30(13-18,14-19)39-28(31)32/h7-8,18-21,25,28,33H,2-6,9-17H2,1H3,(H,35,37)/t18?,19?,20?,25?,29-,30?/m0/s1. The molecule has 7 rings (SSSR count). The Labute approximate surface area is 239 Å². The van der Waals surface area contributed by atoms with E-state index >= 15 is 0 Å². The van der Waals surface area contributed by atoms with Crippen molar-refractivity contribution in [2.24, 2.45) is 17.8 Å². The Morgan fingerprint density at radius 1 is 1.15 bits per heavy atom. The van der Waals surface area contributed by atoms with Crippen molar-refractivity contribution < 1.29 is 27.8 Å². The number of carbonyl (C=O) groups excluding carboxylic acids is 2. The van der Waals surface area contributed by atoms with Gasteiger partial charge in [0.1, 0.15) is 5.03 Å². The van der Waals surface area contributed by atoms with E-state index in [4.69, 9.17) is 14.5 Å². The summed E-state index contributed by atoms with van der Waals surface area (Å²) in [5.74, 6) is 0.318. The maximum atomic E-state index is 13.9. The van der Waals surface area contributed by atoms with Crippen LogP contribution in [-0.2, 0) is 19.7 Å². The first kappa shape index (κ1) is 28.3. The summed E-state index contributed by atoms with van der Waals surface area (Å²) in [4.78, 5) is 31.4. The maximum Gasteiger partial charge on any atom is 0.345 e. The molecule has 1 aliphatic heterocycles. The molecule has 1 saturated heterocycles. The molecule has 220 valence electrons. The minimum atomic E-state index is -2.76. The fourth-order valence-corrected chi connectivity index (χ4v) is 10.0. The number of halogens is 2. The zero-order chi connectivity index (χ0) is 27.9. The molecule has 1 aromatic rings. The number of aromatic nitrogens is 1. The molecule has 0 radical (unpaired) electrons. The molecule has 40 heavy (non-hydrogen) atoms. The van der Waals surface area contributed by atoms with Crippen molar-refractivity contribution in [3.63, 3.8) is 0 Å². The molecular weight excluding hydrogens is 536 g/mol. The lowest BCUT2D eigenvalue weighted by Gasteiger charge is -2.59. The summed E-state index contributed by atoms with van der Waals surface area (Å²) in [6.07, 6.45) is 10.4. The molecule has 2 N–H and O–H groups in total. The van der Waals surface area contributed by atoms with E-state index in [-0.39, 0.29) is 36.2 Å². The number of thioether (sulfide) groups is 1. The lowest BCUT2D eigenvalue weighted by Crippen LogP contribution is -2.62. The smallest absolute Gasteiger partial charge is 0.345 e. The predicted octanol–water partition coefficient (Wildman–Crippen LogP) is 5.22. The maximum absolute atomic E-state index is 13.9. The van der Waals surface area contributed by atoms with Crippen LogP contribution < -0.4 is 10.6 Å². The highest BCUT2D eigenvalue weighted by Gasteiger charge is 2.57. The number of alkyl halides is 2. The Morgan fingerprint density at radius 3 is 2.55 bits per heavy atom. The molecule has 5 saturated carbocycles. The van der Waals surface area contributed by atoms with Gasteiger partial charge < -0.3 is 20.1 Å². The van der Waals surface area contributed by atoms with E-state index in [0.29, 0.717) is 42.5 Å². The fraction of sp³-hybridized carbons (Fsp3) is 0.767. The first-order valence-corrected chi connectivity index (χ1v) is 15.9. The predicted molar refractivity (Wildman–Crippen MR) is 147 cm³/mol. The summed E-state index contributed by atoms with van der Waals surface area (Å²) in [5.41, 5.74) is 0.208. The van der Waals surface area contributed by atoms with Gasteiger partial charge in [-0.1, -0.05) is 12.8 Å². The van der Waals surface area contributed by atoms with Crippen molar-refractivity contribution in [1.29, 1.82) is 0 Å². The van der Waals surface area contributed by atoms with Crippen LogP contribution in [0.5, 0.6) is 0 Å². The van der Waals surface area contributed by atoms with Crippen LogP contribution in [0.25, 0.3) is 0 Å². The van der Waals surface area contributed by atoms with Gasteiger partial charge in [0.2, 0.25) is 0 Å². The second kappa shape index (κ2) is 11.5. The number of carbonyl (C=O) groups is 2. The highest BCUT2D eigenvalue weighted by Crippen LogP contribution is 2.57.